The summed E-state index contributed by atoms with van der Waals surface area (Å²) in [4.78, 5) is 0. The van der Waals surface area contributed by atoms with Crippen molar-refractivity contribution in [2.45, 2.75) is 65.2 Å². The number of hydrogen-bond donors (Lipinski definition) is 0. The van der Waals surface area contributed by atoms with Crippen LogP contribution in [-0.4, -0.2) is 13.2 Å². The minimum Gasteiger partial charge on any atom is -0.493 e. The van der Waals surface area contributed by atoms with Crippen LogP contribution in [0.25, 0.3) is 10.8 Å². The number of rotatable bonds is 10. The second-order valence-corrected chi connectivity index (χ2v) is 10.1. The van der Waals surface area contributed by atoms with Gasteiger partial charge in [-0.25, -0.2) is 0 Å². The third-order valence-electron chi connectivity index (χ3n) is 5.35. The maximum atomic E-state index is 6.32. The predicted octanol–water partition coefficient (Wildman–Crippen LogP) is 8.46. The number of allylic oxidation sites excluding steroid dienone is 4. The summed E-state index contributed by atoms with van der Waals surface area (Å²) in [5.74, 6) is 1.84. The van der Waals surface area contributed by atoms with Crippen molar-refractivity contribution in [1.29, 1.82) is 0 Å². The molecule has 0 atom stereocenters. The number of ether oxygens (including phenoxy) is 2. The van der Waals surface area contributed by atoms with Gasteiger partial charge < -0.3 is 9.47 Å². The van der Waals surface area contributed by atoms with Gasteiger partial charge in [0.15, 0.2) is 0 Å². The molecule has 0 aromatic heterocycles. The maximum Gasteiger partial charge on any atom is 0.127 e. The lowest BCUT2D eigenvalue weighted by Gasteiger charge is -2.25. The summed E-state index contributed by atoms with van der Waals surface area (Å²) in [7, 11) is 0. The molecule has 0 aliphatic rings. The van der Waals surface area contributed by atoms with Crippen LogP contribution >= 0.6 is 0 Å². The fourth-order valence-electron chi connectivity index (χ4n) is 3.36. The van der Waals surface area contributed by atoms with E-state index in [-0.39, 0.29) is 10.8 Å². The van der Waals surface area contributed by atoms with Crippen LogP contribution in [0.5, 0.6) is 11.5 Å². The fraction of sp³-hybridized carbons (Fsp3) is 0.400. The highest BCUT2D eigenvalue weighted by Gasteiger charge is 2.22. The maximum absolute atomic E-state index is 6.32. The van der Waals surface area contributed by atoms with Crippen LogP contribution in [0.1, 0.15) is 65.5 Å². The van der Waals surface area contributed by atoms with E-state index in [1.165, 1.54) is 11.1 Å². The molecule has 0 aliphatic heterocycles. The summed E-state index contributed by atoms with van der Waals surface area (Å²) in [6.45, 7) is 22.1. The molecule has 0 spiro atoms. The van der Waals surface area contributed by atoms with Crippen molar-refractivity contribution in [2.24, 2.45) is 0 Å². The molecule has 0 heterocycles. The Bertz CT molecular complexity index is 897. The van der Waals surface area contributed by atoms with Crippen LogP contribution in [0, 0.1) is 0 Å². The first-order valence-electron chi connectivity index (χ1n) is 11.5. The highest BCUT2D eigenvalue weighted by atomic mass is 16.5. The molecule has 0 N–H and O–H groups in total. The van der Waals surface area contributed by atoms with E-state index in [0.717, 1.165) is 35.1 Å². The lowest BCUT2D eigenvalue weighted by molar-refractivity contribution is 0.324. The second-order valence-electron chi connectivity index (χ2n) is 10.1. The molecular formula is C30H40O2. The van der Waals surface area contributed by atoms with Gasteiger partial charge in [-0.05, 0) is 59.1 Å². The predicted molar refractivity (Wildman–Crippen MR) is 140 cm³/mol. The largest absolute Gasteiger partial charge is 0.493 e. The normalized spacial score (nSPS) is 12.6. The molecule has 2 aromatic carbocycles. The molecule has 32 heavy (non-hydrogen) atoms. The first-order chi connectivity index (χ1) is 15.1. The van der Waals surface area contributed by atoms with E-state index >= 15 is 0 Å². The molecule has 2 aromatic rings. The quantitative estimate of drug-likeness (QED) is 0.277. The standard InChI is InChI=1S/C30H40O2/c1-9-11-13-15-17-31-27-21-23(29(3,4)5)20-26-25(27)19-24(30(6,7)8)22-28(26)32-18-16-14-12-10-2/h9-14,19-22H,1-2,15-18H2,3-8H3/b13-11-,14-12-. The summed E-state index contributed by atoms with van der Waals surface area (Å²) in [6.07, 6.45) is 13.3. The Morgan fingerprint density at radius 1 is 0.656 bits per heavy atom. The average molecular weight is 433 g/mol. The Kier molecular flexibility index (Phi) is 8.95. The Hall–Kier alpha value is -2.74. The zero-order valence-electron chi connectivity index (χ0n) is 20.8. The van der Waals surface area contributed by atoms with Crippen molar-refractivity contribution >= 4 is 10.8 Å². The van der Waals surface area contributed by atoms with Crippen LogP contribution in [0.4, 0.5) is 0 Å². The van der Waals surface area contributed by atoms with E-state index in [9.17, 15) is 0 Å². The zero-order valence-corrected chi connectivity index (χ0v) is 20.8. The van der Waals surface area contributed by atoms with E-state index in [1.54, 1.807) is 12.2 Å². The number of hydrogen-bond acceptors (Lipinski definition) is 2. The molecule has 0 unspecified atom stereocenters. The molecule has 0 fully saturated rings. The molecule has 0 saturated heterocycles. The van der Waals surface area contributed by atoms with Crippen molar-refractivity contribution in [1.82, 2.24) is 0 Å². The Morgan fingerprint density at radius 2 is 1.03 bits per heavy atom. The zero-order chi connectivity index (χ0) is 23.8. The average Bonchev–Trinajstić information content (AvgIpc) is 2.71. The topological polar surface area (TPSA) is 18.5 Å². The van der Waals surface area contributed by atoms with Crippen LogP contribution in [-0.2, 0) is 10.8 Å². The van der Waals surface area contributed by atoms with E-state index < -0.39 is 0 Å². The molecular weight excluding hydrogens is 392 g/mol. The van der Waals surface area contributed by atoms with Gasteiger partial charge in [0.25, 0.3) is 0 Å². The van der Waals surface area contributed by atoms with Gasteiger partial charge in [0.05, 0.1) is 13.2 Å². The minimum atomic E-state index is 0.00170. The minimum absolute atomic E-state index is 0.00170. The Labute approximate surface area is 195 Å². The molecule has 0 bridgehead atoms. The van der Waals surface area contributed by atoms with Gasteiger partial charge in [0.2, 0.25) is 0 Å². The van der Waals surface area contributed by atoms with Crippen molar-refractivity contribution < 1.29 is 9.47 Å². The van der Waals surface area contributed by atoms with Gasteiger partial charge >= 0.3 is 0 Å². The van der Waals surface area contributed by atoms with Gasteiger partial charge in [-0.2, -0.15) is 0 Å². The van der Waals surface area contributed by atoms with Crippen LogP contribution in [0.2, 0.25) is 0 Å². The number of fused-ring (bicyclic) bond motifs is 1. The first kappa shape index (κ1) is 25.5. The van der Waals surface area contributed by atoms with Crippen LogP contribution < -0.4 is 9.47 Å². The number of benzene rings is 2. The fourth-order valence-corrected chi connectivity index (χ4v) is 3.36. The van der Waals surface area contributed by atoms with Gasteiger partial charge in [-0.1, -0.05) is 91.2 Å². The molecule has 2 heteroatoms. The summed E-state index contributed by atoms with van der Waals surface area (Å²) in [5.41, 5.74) is 2.48. The third-order valence-corrected chi connectivity index (χ3v) is 5.35. The molecule has 0 radical (unpaired) electrons. The smallest absolute Gasteiger partial charge is 0.127 e. The lowest BCUT2D eigenvalue weighted by atomic mass is 9.82. The molecule has 0 aliphatic carbocycles. The summed E-state index contributed by atoms with van der Waals surface area (Å²) in [6, 6.07) is 8.92. The van der Waals surface area contributed by atoms with E-state index in [0.29, 0.717) is 13.2 Å². The molecule has 2 nitrogen and oxygen atoms in total. The summed E-state index contributed by atoms with van der Waals surface area (Å²) < 4.78 is 12.6. The molecule has 172 valence electrons. The molecule has 0 amide bonds. The van der Waals surface area contributed by atoms with E-state index in [2.05, 4.69) is 91.1 Å². The SMILES string of the molecule is C=C/C=C\CCOc1cc(C(C)(C)C)cc2c(OCC/C=C\C=C)cc(C(C)(C)C)cc12. The van der Waals surface area contributed by atoms with Gasteiger partial charge in [-0.3, -0.25) is 0 Å². The summed E-state index contributed by atoms with van der Waals surface area (Å²) in [5, 5.41) is 2.21. The Balaban J connectivity index is 2.58. The van der Waals surface area contributed by atoms with Crippen LogP contribution in [0.3, 0.4) is 0 Å². The van der Waals surface area contributed by atoms with Gasteiger partial charge in [0, 0.05) is 10.8 Å². The molecule has 2 rings (SSSR count). The van der Waals surface area contributed by atoms with Crippen molar-refractivity contribution in [2.75, 3.05) is 13.2 Å². The third kappa shape index (κ3) is 7.15. The van der Waals surface area contributed by atoms with E-state index in [4.69, 9.17) is 9.47 Å². The van der Waals surface area contributed by atoms with Gasteiger partial charge in [-0.15, -0.1) is 0 Å². The van der Waals surface area contributed by atoms with Crippen molar-refractivity contribution in [3.05, 3.63) is 85.0 Å². The highest BCUT2D eigenvalue weighted by molar-refractivity contribution is 5.95. The Morgan fingerprint density at radius 3 is 1.34 bits per heavy atom. The highest BCUT2D eigenvalue weighted by Crippen LogP contribution is 2.41. The van der Waals surface area contributed by atoms with E-state index in [1.807, 2.05) is 12.2 Å². The van der Waals surface area contributed by atoms with Gasteiger partial charge in [0.1, 0.15) is 11.5 Å². The summed E-state index contributed by atoms with van der Waals surface area (Å²) >= 11 is 0. The van der Waals surface area contributed by atoms with Crippen molar-refractivity contribution in [3.8, 4) is 11.5 Å². The lowest BCUT2D eigenvalue weighted by Crippen LogP contribution is -2.14. The monoisotopic (exact) mass is 432 g/mol. The molecule has 0 saturated carbocycles. The van der Waals surface area contributed by atoms with Crippen molar-refractivity contribution in [3.63, 3.8) is 0 Å². The second kappa shape index (κ2) is 11.2. The van der Waals surface area contributed by atoms with Crippen LogP contribution in [0.15, 0.2) is 73.9 Å². The first-order valence-corrected chi connectivity index (χ1v) is 11.5.